The zero-order valence-electron chi connectivity index (χ0n) is 12.8. The fourth-order valence-corrected chi connectivity index (χ4v) is 4.35. The molecule has 0 aromatic heterocycles. The summed E-state index contributed by atoms with van der Waals surface area (Å²) < 4.78 is 0. The van der Waals surface area contributed by atoms with E-state index < -0.39 is 0 Å². The number of nitrogens with zero attached hydrogens (tertiary/aromatic N) is 2. The number of amides is 1. The summed E-state index contributed by atoms with van der Waals surface area (Å²) in [5.41, 5.74) is 1.18. The fourth-order valence-electron chi connectivity index (χ4n) is 4.35. The average molecular weight is 284 g/mol. The van der Waals surface area contributed by atoms with Gasteiger partial charge in [0.05, 0.1) is 5.41 Å². The number of likely N-dealkylation sites (tertiary alicyclic amines) is 2. The largest absolute Gasteiger partial charge is 0.345 e. The second-order valence-corrected chi connectivity index (χ2v) is 7.23. The van der Waals surface area contributed by atoms with E-state index in [9.17, 15) is 4.79 Å². The Bertz CT molecular complexity index is 539. The van der Waals surface area contributed by atoms with Crippen LogP contribution in [0.4, 0.5) is 0 Å². The van der Waals surface area contributed by atoms with Crippen LogP contribution in [0.5, 0.6) is 0 Å². The van der Waals surface area contributed by atoms with E-state index >= 15 is 0 Å². The van der Waals surface area contributed by atoms with Gasteiger partial charge in [-0.25, -0.2) is 0 Å². The van der Waals surface area contributed by atoms with E-state index in [2.05, 4.69) is 35.2 Å². The Hall–Kier alpha value is -1.35. The molecular weight excluding hydrogens is 260 g/mol. The van der Waals surface area contributed by atoms with Crippen LogP contribution in [0.1, 0.15) is 30.7 Å². The molecule has 1 spiro atoms. The van der Waals surface area contributed by atoms with Crippen LogP contribution in [0.2, 0.25) is 0 Å². The predicted octanol–water partition coefficient (Wildman–Crippen LogP) is 2.34. The summed E-state index contributed by atoms with van der Waals surface area (Å²) in [4.78, 5) is 17.4. The maximum atomic E-state index is 12.9. The highest BCUT2D eigenvalue weighted by molar-refractivity contribution is 5.86. The summed E-state index contributed by atoms with van der Waals surface area (Å²) in [7, 11) is 1.96. The van der Waals surface area contributed by atoms with Crippen molar-refractivity contribution < 1.29 is 4.79 Å². The maximum Gasteiger partial charge on any atom is 0.230 e. The third-order valence-corrected chi connectivity index (χ3v) is 5.69. The van der Waals surface area contributed by atoms with Gasteiger partial charge < -0.3 is 9.80 Å². The first kappa shape index (κ1) is 13.3. The van der Waals surface area contributed by atoms with Gasteiger partial charge in [-0.3, -0.25) is 4.79 Å². The zero-order valence-corrected chi connectivity index (χ0v) is 12.8. The van der Waals surface area contributed by atoms with Gasteiger partial charge in [0.2, 0.25) is 5.91 Å². The minimum atomic E-state index is -0.162. The third-order valence-electron chi connectivity index (χ3n) is 5.69. The Morgan fingerprint density at radius 2 is 2.00 bits per heavy atom. The monoisotopic (exact) mass is 284 g/mol. The molecule has 3 fully saturated rings. The molecule has 2 heterocycles. The quantitative estimate of drug-likeness (QED) is 0.850. The van der Waals surface area contributed by atoms with Crippen molar-refractivity contribution in [3.8, 4) is 0 Å². The fraction of sp³-hybridized carbons (Fsp3) is 0.611. The van der Waals surface area contributed by atoms with Gasteiger partial charge in [0, 0.05) is 39.1 Å². The molecule has 1 aromatic rings. The predicted molar refractivity (Wildman–Crippen MR) is 83.0 cm³/mol. The van der Waals surface area contributed by atoms with E-state index in [1.54, 1.807) is 0 Å². The highest BCUT2D eigenvalue weighted by Crippen LogP contribution is 2.50. The van der Waals surface area contributed by atoms with E-state index in [-0.39, 0.29) is 5.41 Å². The van der Waals surface area contributed by atoms with Gasteiger partial charge in [-0.05, 0) is 30.7 Å². The van der Waals surface area contributed by atoms with Gasteiger partial charge in [-0.15, -0.1) is 0 Å². The molecule has 3 heteroatoms. The molecule has 0 bridgehead atoms. The lowest BCUT2D eigenvalue weighted by molar-refractivity contribution is -0.135. The van der Waals surface area contributed by atoms with Crippen molar-refractivity contribution in [2.75, 3.05) is 33.2 Å². The Balaban J connectivity index is 1.66. The molecule has 2 saturated heterocycles. The smallest absolute Gasteiger partial charge is 0.230 e. The number of hydrogen-bond acceptors (Lipinski definition) is 2. The van der Waals surface area contributed by atoms with Gasteiger partial charge in [-0.2, -0.15) is 0 Å². The Morgan fingerprint density at radius 1 is 1.24 bits per heavy atom. The van der Waals surface area contributed by atoms with Crippen molar-refractivity contribution in [3.63, 3.8) is 0 Å². The Kier molecular flexibility index (Phi) is 3.07. The normalized spacial score (nSPS) is 33.3. The second-order valence-electron chi connectivity index (χ2n) is 7.23. The number of carbonyl (C=O) groups excluding carboxylic acids is 1. The number of benzene rings is 1. The van der Waals surface area contributed by atoms with Crippen molar-refractivity contribution in [3.05, 3.63) is 35.9 Å². The third kappa shape index (κ3) is 2.18. The lowest BCUT2D eigenvalue weighted by Gasteiger charge is -2.28. The molecule has 112 valence electrons. The van der Waals surface area contributed by atoms with Crippen LogP contribution < -0.4 is 0 Å². The topological polar surface area (TPSA) is 23.6 Å². The van der Waals surface area contributed by atoms with Crippen LogP contribution in [-0.2, 0) is 4.79 Å². The van der Waals surface area contributed by atoms with Gasteiger partial charge in [0.1, 0.15) is 0 Å². The first-order chi connectivity index (χ1) is 10.2. The van der Waals surface area contributed by atoms with E-state index in [1.807, 2.05) is 11.9 Å². The van der Waals surface area contributed by atoms with Crippen LogP contribution in [0.15, 0.2) is 30.3 Å². The van der Waals surface area contributed by atoms with Gasteiger partial charge >= 0.3 is 0 Å². The van der Waals surface area contributed by atoms with Crippen LogP contribution >= 0.6 is 0 Å². The van der Waals surface area contributed by atoms with Crippen LogP contribution in [0.25, 0.3) is 0 Å². The first-order valence-electron chi connectivity index (χ1n) is 8.22. The van der Waals surface area contributed by atoms with Crippen molar-refractivity contribution in [1.29, 1.82) is 0 Å². The standard InChI is InChI=1S/C18H24N2O/c1-19-10-9-18(17(19)21)13-20(11-14-7-8-14)12-16(18)15-5-3-2-4-6-15/h2-6,14,16H,7-13H2,1H3/t16-,18+/m0/s1. The van der Waals surface area contributed by atoms with Crippen molar-refractivity contribution in [2.45, 2.75) is 25.2 Å². The molecule has 0 radical (unpaired) electrons. The molecule has 1 aliphatic carbocycles. The second kappa shape index (κ2) is 4.84. The Labute approximate surface area is 126 Å². The summed E-state index contributed by atoms with van der Waals surface area (Å²) in [6.45, 7) is 4.13. The van der Waals surface area contributed by atoms with E-state index in [4.69, 9.17) is 0 Å². The molecule has 1 amide bonds. The first-order valence-corrected chi connectivity index (χ1v) is 8.22. The number of hydrogen-bond donors (Lipinski definition) is 0. The lowest BCUT2D eigenvalue weighted by atomic mass is 9.73. The molecule has 4 rings (SSSR count). The highest BCUT2D eigenvalue weighted by atomic mass is 16.2. The summed E-state index contributed by atoms with van der Waals surface area (Å²) in [6.07, 6.45) is 3.78. The average Bonchev–Trinajstić information content (AvgIpc) is 3.18. The van der Waals surface area contributed by atoms with Crippen LogP contribution in [0, 0.1) is 11.3 Å². The molecule has 2 atom stereocenters. The summed E-state index contributed by atoms with van der Waals surface area (Å²) >= 11 is 0. The molecule has 0 unspecified atom stereocenters. The molecule has 0 N–H and O–H groups in total. The Morgan fingerprint density at radius 3 is 2.62 bits per heavy atom. The van der Waals surface area contributed by atoms with Crippen molar-refractivity contribution in [1.82, 2.24) is 9.80 Å². The highest BCUT2D eigenvalue weighted by Gasteiger charge is 2.56. The summed E-state index contributed by atoms with van der Waals surface area (Å²) in [5, 5.41) is 0. The van der Waals surface area contributed by atoms with Crippen molar-refractivity contribution >= 4 is 5.91 Å². The summed E-state index contributed by atoms with van der Waals surface area (Å²) in [6, 6.07) is 10.7. The minimum absolute atomic E-state index is 0.162. The molecule has 1 saturated carbocycles. The van der Waals surface area contributed by atoms with Gasteiger partial charge in [0.25, 0.3) is 0 Å². The lowest BCUT2D eigenvalue weighted by Crippen LogP contribution is -2.38. The van der Waals surface area contributed by atoms with E-state index in [0.29, 0.717) is 11.8 Å². The number of carbonyl (C=O) groups is 1. The van der Waals surface area contributed by atoms with E-state index in [1.165, 1.54) is 24.9 Å². The maximum absolute atomic E-state index is 12.9. The molecule has 1 aromatic carbocycles. The zero-order chi connectivity index (χ0) is 14.4. The molecule has 3 aliphatic rings. The number of rotatable bonds is 3. The van der Waals surface area contributed by atoms with Crippen molar-refractivity contribution in [2.24, 2.45) is 11.3 Å². The molecule has 21 heavy (non-hydrogen) atoms. The molecular formula is C18H24N2O. The van der Waals surface area contributed by atoms with Gasteiger partial charge in [0.15, 0.2) is 0 Å². The SMILES string of the molecule is CN1CC[C@]2(CN(CC3CC3)C[C@H]2c2ccccc2)C1=O. The van der Waals surface area contributed by atoms with Crippen LogP contribution in [0.3, 0.4) is 0 Å². The molecule has 3 nitrogen and oxygen atoms in total. The minimum Gasteiger partial charge on any atom is -0.345 e. The van der Waals surface area contributed by atoms with E-state index in [0.717, 1.165) is 32.0 Å². The van der Waals surface area contributed by atoms with Crippen LogP contribution in [-0.4, -0.2) is 48.9 Å². The summed E-state index contributed by atoms with van der Waals surface area (Å²) in [5.74, 6) is 1.63. The molecule has 2 aliphatic heterocycles. The van der Waals surface area contributed by atoms with Gasteiger partial charge in [-0.1, -0.05) is 30.3 Å².